The van der Waals surface area contributed by atoms with Gasteiger partial charge in [-0.05, 0) is 48.1 Å². The third kappa shape index (κ3) is 6.07. The van der Waals surface area contributed by atoms with Gasteiger partial charge in [0.15, 0.2) is 6.61 Å². The van der Waals surface area contributed by atoms with E-state index in [-0.39, 0.29) is 29.9 Å². The van der Waals surface area contributed by atoms with Crippen LogP contribution < -0.4 is 15.4 Å². The zero-order valence-corrected chi connectivity index (χ0v) is 17.9. The van der Waals surface area contributed by atoms with E-state index in [1.165, 1.54) is 5.56 Å². The van der Waals surface area contributed by atoms with Crippen molar-refractivity contribution in [1.82, 2.24) is 5.32 Å². The molecule has 0 aromatic heterocycles. The molecule has 1 fully saturated rings. The van der Waals surface area contributed by atoms with Gasteiger partial charge >= 0.3 is 0 Å². The number of carbonyl (C=O) groups excluding carboxylic acids is 2. The van der Waals surface area contributed by atoms with Gasteiger partial charge in [0, 0.05) is 13.2 Å². The third-order valence-electron chi connectivity index (χ3n) is 5.05. The molecule has 6 heteroatoms. The Labute approximate surface area is 178 Å². The molecular formula is C24H30N2O4. The Morgan fingerprint density at radius 3 is 2.50 bits per heavy atom. The number of para-hydroxylation sites is 1. The van der Waals surface area contributed by atoms with E-state index in [1.54, 1.807) is 24.3 Å². The second-order valence-electron chi connectivity index (χ2n) is 8.50. The maximum Gasteiger partial charge on any atom is 0.262 e. The van der Waals surface area contributed by atoms with Gasteiger partial charge in [0.25, 0.3) is 11.8 Å². The Morgan fingerprint density at radius 2 is 1.83 bits per heavy atom. The maximum absolute atomic E-state index is 12.5. The molecule has 0 bridgehead atoms. The molecule has 2 aromatic rings. The lowest BCUT2D eigenvalue weighted by molar-refractivity contribution is -0.118. The number of nitrogens with one attached hydrogen (secondary N) is 2. The van der Waals surface area contributed by atoms with Gasteiger partial charge in [-0.15, -0.1) is 0 Å². The topological polar surface area (TPSA) is 76.7 Å². The minimum absolute atomic E-state index is 0.0596. The summed E-state index contributed by atoms with van der Waals surface area (Å²) in [7, 11) is 0. The maximum atomic E-state index is 12.5. The van der Waals surface area contributed by atoms with E-state index in [0.717, 1.165) is 19.4 Å². The highest BCUT2D eigenvalue weighted by Crippen LogP contribution is 2.24. The van der Waals surface area contributed by atoms with E-state index in [2.05, 4.69) is 31.4 Å². The highest BCUT2D eigenvalue weighted by molar-refractivity contribution is 6.04. The molecule has 160 valence electrons. The first-order valence-electron chi connectivity index (χ1n) is 10.3. The fourth-order valence-electron chi connectivity index (χ4n) is 3.28. The average molecular weight is 411 g/mol. The molecule has 2 aromatic carbocycles. The molecule has 1 atom stereocenters. The fourth-order valence-corrected chi connectivity index (χ4v) is 3.28. The zero-order valence-electron chi connectivity index (χ0n) is 17.9. The molecule has 0 saturated carbocycles. The lowest BCUT2D eigenvalue weighted by atomic mass is 9.87. The number of benzene rings is 2. The number of rotatable bonds is 7. The summed E-state index contributed by atoms with van der Waals surface area (Å²) in [5, 5.41) is 5.65. The highest BCUT2D eigenvalue weighted by atomic mass is 16.5. The molecule has 1 saturated heterocycles. The molecule has 3 rings (SSSR count). The average Bonchev–Trinajstić information content (AvgIpc) is 3.24. The van der Waals surface area contributed by atoms with Crippen LogP contribution in [0.1, 0.15) is 49.5 Å². The first-order valence-corrected chi connectivity index (χ1v) is 10.3. The predicted octanol–water partition coefficient (Wildman–Crippen LogP) is 3.91. The van der Waals surface area contributed by atoms with Crippen LogP contribution in [0.5, 0.6) is 5.75 Å². The Hall–Kier alpha value is -2.86. The van der Waals surface area contributed by atoms with Crippen LogP contribution in [0.3, 0.4) is 0 Å². The first-order chi connectivity index (χ1) is 14.3. The van der Waals surface area contributed by atoms with Gasteiger partial charge < -0.3 is 20.1 Å². The van der Waals surface area contributed by atoms with E-state index in [0.29, 0.717) is 23.5 Å². The number of carbonyl (C=O) groups is 2. The van der Waals surface area contributed by atoms with Crippen molar-refractivity contribution in [2.45, 2.75) is 45.1 Å². The number of hydrogen-bond acceptors (Lipinski definition) is 4. The molecular weight excluding hydrogens is 380 g/mol. The van der Waals surface area contributed by atoms with Crippen LogP contribution in [-0.4, -0.2) is 37.7 Å². The summed E-state index contributed by atoms with van der Waals surface area (Å²) in [4.78, 5) is 24.9. The summed E-state index contributed by atoms with van der Waals surface area (Å²) in [6, 6.07) is 14.7. The van der Waals surface area contributed by atoms with Crippen molar-refractivity contribution < 1.29 is 19.1 Å². The number of hydrogen-bond donors (Lipinski definition) is 2. The minimum atomic E-state index is -0.325. The summed E-state index contributed by atoms with van der Waals surface area (Å²) in [5.74, 6) is 0.0649. The van der Waals surface area contributed by atoms with Crippen molar-refractivity contribution in [2.24, 2.45) is 0 Å². The van der Waals surface area contributed by atoms with Gasteiger partial charge in [-0.3, -0.25) is 9.59 Å². The number of anilines is 1. The fraction of sp³-hybridized carbons (Fsp3) is 0.417. The molecule has 1 aliphatic heterocycles. The molecule has 30 heavy (non-hydrogen) atoms. The lowest BCUT2D eigenvalue weighted by Gasteiger charge is -2.19. The zero-order chi connectivity index (χ0) is 21.6. The Balaban J connectivity index is 1.54. The molecule has 1 aliphatic rings. The van der Waals surface area contributed by atoms with E-state index in [1.807, 2.05) is 24.3 Å². The van der Waals surface area contributed by atoms with Crippen LogP contribution in [0.4, 0.5) is 5.69 Å². The predicted molar refractivity (Wildman–Crippen MR) is 117 cm³/mol. The van der Waals surface area contributed by atoms with Crippen molar-refractivity contribution in [3.05, 3.63) is 59.7 Å². The Bertz CT molecular complexity index is 866. The standard InChI is InChI=1S/C24H30N2O4/c1-24(2,3)17-10-12-18(13-11-17)30-16-22(27)26-21-9-5-4-8-20(21)23(28)25-15-19-7-6-14-29-19/h4-5,8-13,19H,6-7,14-16H2,1-3H3,(H,25,28)(H,26,27)/t19-/m0/s1. The minimum Gasteiger partial charge on any atom is -0.484 e. The molecule has 0 unspecified atom stereocenters. The van der Waals surface area contributed by atoms with Gasteiger partial charge in [-0.2, -0.15) is 0 Å². The Morgan fingerprint density at radius 1 is 1.10 bits per heavy atom. The van der Waals surface area contributed by atoms with Crippen LogP contribution in [0, 0.1) is 0 Å². The second kappa shape index (κ2) is 9.76. The van der Waals surface area contributed by atoms with E-state index in [4.69, 9.17) is 9.47 Å². The van der Waals surface area contributed by atoms with Crippen LogP contribution in [0.2, 0.25) is 0 Å². The third-order valence-corrected chi connectivity index (χ3v) is 5.05. The molecule has 6 nitrogen and oxygen atoms in total. The number of amides is 2. The Kier molecular flexibility index (Phi) is 7.11. The molecule has 2 N–H and O–H groups in total. The molecule has 2 amide bonds. The van der Waals surface area contributed by atoms with Gasteiger partial charge in [-0.25, -0.2) is 0 Å². The van der Waals surface area contributed by atoms with Crippen molar-refractivity contribution in [1.29, 1.82) is 0 Å². The van der Waals surface area contributed by atoms with Gasteiger partial charge in [0.2, 0.25) is 0 Å². The normalized spacial score (nSPS) is 16.2. The summed E-state index contributed by atoms with van der Waals surface area (Å²) >= 11 is 0. The summed E-state index contributed by atoms with van der Waals surface area (Å²) in [6.07, 6.45) is 2.03. The van der Waals surface area contributed by atoms with Gasteiger partial charge in [0.1, 0.15) is 5.75 Å². The molecule has 0 spiro atoms. The van der Waals surface area contributed by atoms with Gasteiger partial charge in [-0.1, -0.05) is 45.0 Å². The summed E-state index contributed by atoms with van der Waals surface area (Å²) < 4.78 is 11.1. The molecule has 0 radical (unpaired) electrons. The monoisotopic (exact) mass is 410 g/mol. The van der Waals surface area contributed by atoms with Crippen LogP contribution >= 0.6 is 0 Å². The largest absolute Gasteiger partial charge is 0.484 e. The quantitative estimate of drug-likeness (QED) is 0.726. The lowest BCUT2D eigenvalue weighted by Crippen LogP contribution is -2.32. The summed E-state index contributed by atoms with van der Waals surface area (Å²) in [6.45, 7) is 7.50. The van der Waals surface area contributed by atoms with Crippen LogP contribution in [0.25, 0.3) is 0 Å². The SMILES string of the molecule is CC(C)(C)c1ccc(OCC(=O)Nc2ccccc2C(=O)NC[C@@H]2CCCO2)cc1. The molecule has 0 aliphatic carbocycles. The van der Waals surface area contributed by atoms with E-state index in [9.17, 15) is 9.59 Å². The van der Waals surface area contributed by atoms with Crippen molar-refractivity contribution in [3.8, 4) is 5.75 Å². The van der Waals surface area contributed by atoms with Crippen LogP contribution in [-0.2, 0) is 14.9 Å². The van der Waals surface area contributed by atoms with Crippen molar-refractivity contribution in [2.75, 3.05) is 25.1 Å². The number of ether oxygens (including phenoxy) is 2. The van der Waals surface area contributed by atoms with Crippen LogP contribution in [0.15, 0.2) is 48.5 Å². The first kappa shape index (κ1) is 21.8. The van der Waals surface area contributed by atoms with Crippen molar-refractivity contribution in [3.63, 3.8) is 0 Å². The van der Waals surface area contributed by atoms with E-state index < -0.39 is 0 Å². The van der Waals surface area contributed by atoms with E-state index >= 15 is 0 Å². The molecule has 1 heterocycles. The highest BCUT2D eigenvalue weighted by Gasteiger charge is 2.18. The second-order valence-corrected chi connectivity index (χ2v) is 8.50. The van der Waals surface area contributed by atoms with Gasteiger partial charge in [0.05, 0.1) is 17.4 Å². The van der Waals surface area contributed by atoms with Crippen molar-refractivity contribution >= 4 is 17.5 Å². The summed E-state index contributed by atoms with van der Waals surface area (Å²) in [5.41, 5.74) is 2.13. The smallest absolute Gasteiger partial charge is 0.262 e.